The van der Waals surface area contributed by atoms with Crippen molar-refractivity contribution in [1.82, 2.24) is 10.2 Å². The van der Waals surface area contributed by atoms with Gasteiger partial charge in [0.05, 0.1) is 10.6 Å². The molecule has 0 aromatic heterocycles. The number of carbonyl (C=O) groups is 1. The molecule has 1 amide bonds. The van der Waals surface area contributed by atoms with E-state index in [1.807, 2.05) is 11.9 Å². The summed E-state index contributed by atoms with van der Waals surface area (Å²) in [5.74, 6) is 0.190. The third-order valence-corrected chi connectivity index (χ3v) is 6.68. The van der Waals surface area contributed by atoms with Gasteiger partial charge < -0.3 is 10.2 Å². The molecule has 1 unspecified atom stereocenters. The molecule has 0 radical (unpaired) electrons. The fourth-order valence-electron chi connectivity index (χ4n) is 3.65. The van der Waals surface area contributed by atoms with Gasteiger partial charge in [0.2, 0.25) is 0 Å². The number of hydrogen-bond donors (Lipinski definition) is 1. The van der Waals surface area contributed by atoms with Crippen LogP contribution < -0.4 is 5.32 Å². The summed E-state index contributed by atoms with van der Waals surface area (Å²) in [6.07, 6.45) is 2.08. The fraction of sp³-hybridized carbons (Fsp3) is 0.381. The van der Waals surface area contributed by atoms with Crippen molar-refractivity contribution in [3.63, 3.8) is 0 Å². The van der Waals surface area contributed by atoms with E-state index >= 15 is 0 Å². The van der Waals surface area contributed by atoms with E-state index in [1.165, 1.54) is 0 Å². The quantitative estimate of drug-likeness (QED) is 0.829. The van der Waals surface area contributed by atoms with Crippen LogP contribution in [0.4, 0.5) is 0 Å². The predicted octanol–water partition coefficient (Wildman–Crippen LogP) is 2.73. The molecule has 5 nitrogen and oxygen atoms in total. The first-order chi connectivity index (χ1) is 13.0. The second-order valence-corrected chi connectivity index (χ2v) is 9.04. The number of amides is 1. The summed E-state index contributed by atoms with van der Waals surface area (Å²) in [4.78, 5) is 15.2. The molecule has 1 N–H and O–H groups in total. The zero-order valence-corrected chi connectivity index (χ0v) is 16.4. The van der Waals surface area contributed by atoms with Crippen molar-refractivity contribution in [2.45, 2.75) is 23.5 Å². The van der Waals surface area contributed by atoms with E-state index < -0.39 is 9.84 Å². The molecule has 1 fully saturated rings. The number of nitrogens with one attached hydrogen (secondary N) is 1. The van der Waals surface area contributed by atoms with Crippen molar-refractivity contribution in [3.05, 3.63) is 65.7 Å². The minimum Gasteiger partial charge on any atom is -0.338 e. The zero-order valence-electron chi connectivity index (χ0n) is 15.6. The van der Waals surface area contributed by atoms with Crippen molar-refractivity contribution < 1.29 is 13.2 Å². The lowest BCUT2D eigenvalue weighted by Crippen LogP contribution is -2.42. The summed E-state index contributed by atoms with van der Waals surface area (Å²) in [6, 6.07) is 15.4. The Balaban J connectivity index is 1.83. The topological polar surface area (TPSA) is 66.5 Å². The average molecular weight is 387 g/mol. The summed E-state index contributed by atoms with van der Waals surface area (Å²) < 4.78 is 25.5. The Morgan fingerprint density at radius 3 is 2.56 bits per heavy atom. The monoisotopic (exact) mass is 386 g/mol. The molecule has 1 aliphatic rings. The Bertz CT molecular complexity index is 879. The Hall–Kier alpha value is -2.18. The first kappa shape index (κ1) is 19.6. The van der Waals surface area contributed by atoms with E-state index in [9.17, 15) is 13.2 Å². The van der Waals surface area contributed by atoms with Crippen LogP contribution in [0.3, 0.4) is 0 Å². The molecule has 27 heavy (non-hydrogen) atoms. The highest BCUT2D eigenvalue weighted by molar-refractivity contribution is 7.90. The SMILES string of the molecule is CNCC1CCCN(C(=O)c2ccccc2CS(=O)(=O)c2ccccc2)C1. The van der Waals surface area contributed by atoms with Crippen molar-refractivity contribution in [2.75, 3.05) is 26.7 Å². The maximum atomic E-state index is 13.1. The summed E-state index contributed by atoms with van der Waals surface area (Å²) in [5, 5.41) is 3.18. The molecule has 2 aromatic carbocycles. The smallest absolute Gasteiger partial charge is 0.254 e. The van der Waals surface area contributed by atoms with Crippen molar-refractivity contribution in [2.24, 2.45) is 5.92 Å². The van der Waals surface area contributed by atoms with Crippen LogP contribution in [0.15, 0.2) is 59.5 Å². The molecule has 3 rings (SSSR count). The van der Waals surface area contributed by atoms with Crippen molar-refractivity contribution >= 4 is 15.7 Å². The van der Waals surface area contributed by atoms with Gasteiger partial charge in [-0.2, -0.15) is 0 Å². The third-order valence-electron chi connectivity index (χ3n) is 4.99. The summed E-state index contributed by atoms with van der Waals surface area (Å²) >= 11 is 0. The molecule has 1 atom stereocenters. The van der Waals surface area contributed by atoms with E-state index in [1.54, 1.807) is 54.6 Å². The normalized spacial score (nSPS) is 17.7. The van der Waals surface area contributed by atoms with Gasteiger partial charge in [0.1, 0.15) is 0 Å². The van der Waals surface area contributed by atoms with E-state index in [0.29, 0.717) is 23.6 Å². The highest BCUT2D eigenvalue weighted by Crippen LogP contribution is 2.23. The number of benzene rings is 2. The van der Waals surface area contributed by atoms with Gasteiger partial charge in [0.25, 0.3) is 5.91 Å². The van der Waals surface area contributed by atoms with E-state index in [0.717, 1.165) is 25.9 Å². The lowest BCUT2D eigenvalue weighted by Gasteiger charge is -2.33. The average Bonchev–Trinajstić information content (AvgIpc) is 2.69. The van der Waals surface area contributed by atoms with Gasteiger partial charge in [0, 0.05) is 18.7 Å². The molecule has 1 heterocycles. The van der Waals surface area contributed by atoms with Gasteiger partial charge in [-0.05, 0) is 56.1 Å². The first-order valence-electron chi connectivity index (χ1n) is 9.31. The van der Waals surface area contributed by atoms with E-state index in [-0.39, 0.29) is 16.6 Å². The molecule has 0 spiro atoms. The number of nitrogens with zero attached hydrogens (tertiary/aromatic N) is 1. The lowest BCUT2D eigenvalue weighted by atomic mass is 9.97. The number of piperidine rings is 1. The molecule has 144 valence electrons. The largest absolute Gasteiger partial charge is 0.338 e. The Kier molecular flexibility index (Phi) is 6.29. The van der Waals surface area contributed by atoms with Crippen molar-refractivity contribution in [3.8, 4) is 0 Å². The zero-order chi connectivity index (χ0) is 19.3. The molecule has 0 saturated carbocycles. The summed E-state index contributed by atoms with van der Waals surface area (Å²) in [7, 11) is -1.58. The first-order valence-corrected chi connectivity index (χ1v) is 11.0. The van der Waals surface area contributed by atoms with Gasteiger partial charge in [0.15, 0.2) is 9.84 Å². The number of likely N-dealkylation sites (tertiary alicyclic amines) is 1. The second kappa shape index (κ2) is 8.67. The molecule has 1 saturated heterocycles. The third kappa shape index (κ3) is 4.76. The minimum absolute atomic E-state index is 0.0744. The van der Waals surface area contributed by atoms with Crippen LogP contribution in [0.5, 0.6) is 0 Å². The Morgan fingerprint density at radius 2 is 1.81 bits per heavy atom. The lowest BCUT2D eigenvalue weighted by molar-refractivity contribution is 0.0673. The highest BCUT2D eigenvalue weighted by atomic mass is 32.2. The summed E-state index contributed by atoms with van der Waals surface area (Å²) in [6.45, 7) is 2.31. The van der Waals surface area contributed by atoms with Crippen LogP contribution in [0.2, 0.25) is 0 Å². The van der Waals surface area contributed by atoms with Gasteiger partial charge in [-0.15, -0.1) is 0 Å². The van der Waals surface area contributed by atoms with Crippen LogP contribution in [0.1, 0.15) is 28.8 Å². The van der Waals surface area contributed by atoms with Gasteiger partial charge >= 0.3 is 0 Å². The van der Waals surface area contributed by atoms with E-state index in [4.69, 9.17) is 0 Å². The van der Waals surface area contributed by atoms with Crippen LogP contribution in [-0.4, -0.2) is 45.9 Å². The minimum atomic E-state index is -3.50. The number of rotatable bonds is 6. The van der Waals surface area contributed by atoms with Gasteiger partial charge in [-0.1, -0.05) is 36.4 Å². The van der Waals surface area contributed by atoms with Gasteiger partial charge in [-0.25, -0.2) is 8.42 Å². The van der Waals surface area contributed by atoms with Crippen molar-refractivity contribution in [1.29, 1.82) is 0 Å². The maximum Gasteiger partial charge on any atom is 0.254 e. The van der Waals surface area contributed by atoms with Crippen LogP contribution in [0, 0.1) is 5.92 Å². The predicted molar refractivity (Wildman–Crippen MR) is 106 cm³/mol. The Morgan fingerprint density at radius 1 is 1.11 bits per heavy atom. The molecular weight excluding hydrogens is 360 g/mol. The summed E-state index contributed by atoms with van der Waals surface area (Å²) in [5.41, 5.74) is 1.05. The second-order valence-electron chi connectivity index (χ2n) is 7.05. The highest BCUT2D eigenvalue weighted by Gasteiger charge is 2.26. The van der Waals surface area contributed by atoms with Crippen LogP contribution >= 0.6 is 0 Å². The maximum absolute atomic E-state index is 13.1. The molecule has 2 aromatic rings. The fourth-order valence-corrected chi connectivity index (χ4v) is 5.05. The number of sulfone groups is 1. The number of hydrogen-bond acceptors (Lipinski definition) is 4. The Labute approximate surface area is 161 Å². The van der Waals surface area contributed by atoms with Gasteiger partial charge in [-0.3, -0.25) is 4.79 Å². The van der Waals surface area contributed by atoms with E-state index in [2.05, 4.69) is 5.32 Å². The number of carbonyl (C=O) groups excluding carboxylic acids is 1. The molecular formula is C21H26N2O3S. The van der Waals surface area contributed by atoms with Crippen LogP contribution in [-0.2, 0) is 15.6 Å². The molecule has 6 heteroatoms. The standard InChI is InChI=1S/C21H26N2O3S/c1-22-14-17-8-7-13-23(15-17)21(24)20-12-6-5-9-18(20)16-27(25,26)19-10-3-2-4-11-19/h2-6,9-12,17,22H,7-8,13-16H2,1H3. The van der Waals surface area contributed by atoms with Crippen LogP contribution in [0.25, 0.3) is 0 Å². The molecule has 1 aliphatic heterocycles. The molecule has 0 bridgehead atoms. The molecule has 0 aliphatic carbocycles.